The molecule has 3 aliphatic rings. The first kappa shape index (κ1) is 25.5. The molecule has 3 heterocycles. The molecule has 4 atom stereocenters. The Morgan fingerprint density at radius 2 is 1.65 bits per heavy atom. The van der Waals surface area contributed by atoms with Crippen molar-refractivity contribution >= 4 is 17.7 Å². The molecule has 6 nitrogen and oxygen atoms in total. The van der Waals surface area contributed by atoms with Crippen molar-refractivity contribution in [2.45, 2.75) is 76.4 Å². The summed E-state index contributed by atoms with van der Waals surface area (Å²) in [5, 5.41) is 3.15. The smallest absolute Gasteiger partial charge is 0.245 e. The van der Waals surface area contributed by atoms with E-state index in [0.717, 1.165) is 36.8 Å². The van der Waals surface area contributed by atoms with Crippen LogP contribution >= 0.6 is 0 Å². The minimum Gasteiger partial charge on any atom is -0.354 e. The SMILES string of the molecule is CC(C)CCN1C(=O)[C@H]2CC3CCC2([C@@H]1C(=O)NCCc1ccccc1)N3C(=O)CCc1ccccc1. The molecule has 3 fully saturated rings. The second kappa shape index (κ2) is 10.7. The normalized spacial score (nSPS) is 26.1. The molecular formula is C31H39N3O3. The molecule has 3 saturated heterocycles. The summed E-state index contributed by atoms with van der Waals surface area (Å²) in [5.41, 5.74) is 1.58. The van der Waals surface area contributed by atoms with Crippen LogP contribution in [0.3, 0.4) is 0 Å². The van der Waals surface area contributed by atoms with Gasteiger partial charge in [-0.25, -0.2) is 0 Å². The van der Waals surface area contributed by atoms with Crippen molar-refractivity contribution in [2.75, 3.05) is 13.1 Å². The van der Waals surface area contributed by atoms with E-state index in [0.29, 0.717) is 38.3 Å². The summed E-state index contributed by atoms with van der Waals surface area (Å²) in [6.45, 7) is 5.35. The van der Waals surface area contributed by atoms with Gasteiger partial charge in [0.15, 0.2) is 0 Å². The number of amides is 3. The maximum atomic E-state index is 13.9. The minimum absolute atomic E-state index is 0.0593. The van der Waals surface area contributed by atoms with Crippen LogP contribution in [-0.2, 0) is 27.2 Å². The van der Waals surface area contributed by atoms with Crippen molar-refractivity contribution in [2.24, 2.45) is 11.8 Å². The second-order valence-electron chi connectivity index (χ2n) is 11.4. The van der Waals surface area contributed by atoms with E-state index in [1.54, 1.807) is 0 Å². The van der Waals surface area contributed by atoms with Crippen LogP contribution in [0.1, 0.15) is 57.1 Å². The molecular weight excluding hydrogens is 462 g/mol. The van der Waals surface area contributed by atoms with E-state index < -0.39 is 11.6 Å². The molecule has 0 radical (unpaired) electrons. The first-order chi connectivity index (χ1) is 17.9. The summed E-state index contributed by atoms with van der Waals surface area (Å²) in [4.78, 5) is 45.2. The van der Waals surface area contributed by atoms with Gasteiger partial charge in [0.1, 0.15) is 6.04 Å². The highest BCUT2D eigenvalue weighted by molar-refractivity contribution is 5.98. The van der Waals surface area contributed by atoms with Crippen LogP contribution in [0.25, 0.3) is 0 Å². The number of rotatable bonds is 10. The third kappa shape index (κ3) is 4.78. The molecule has 196 valence electrons. The first-order valence-electron chi connectivity index (χ1n) is 13.9. The monoisotopic (exact) mass is 501 g/mol. The Morgan fingerprint density at radius 3 is 2.30 bits per heavy atom. The standard InChI is InChI=1S/C31H39N3O3/c1-22(2)17-20-33-28(29(36)32-19-16-24-11-7-4-8-12-24)31-18-15-25(21-26(31)30(33)37)34(31)27(35)14-13-23-9-5-3-6-10-23/h3-12,22,25-26,28H,13-21H2,1-2H3,(H,32,36)/t25?,26-,28+,31?/m1/s1. The average Bonchev–Trinajstić information content (AvgIpc) is 3.51. The summed E-state index contributed by atoms with van der Waals surface area (Å²) in [6.07, 6.45) is 4.92. The maximum absolute atomic E-state index is 13.9. The number of hydrogen-bond donors (Lipinski definition) is 1. The van der Waals surface area contributed by atoms with Crippen LogP contribution in [0.2, 0.25) is 0 Å². The summed E-state index contributed by atoms with van der Waals surface area (Å²) < 4.78 is 0. The number of carbonyl (C=O) groups excluding carboxylic acids is 3. The topological polar surface area (TPSA) is 69.7 Å². The van der Waals surface area contributed by atoms with Crippen LogP contribution in [0.4, 0.5) is 0 Å². The molecule has 2 bridgehead atoms. The highest BCUT2D eigenvalue weighted by Crippen LogP contribution is 2.57. The molecule has 1 N–H and O–H groups in total. The Kier molecular flexibility index (Phi) is 7.36. The van der Waals surface area contributed by atoms with Crippen molar-refractivity contribution in [3.05, 3.63) is 71.8 Å². The average molecular weight is 502 g/mol. The molecule has 0 saturated carbocycles. The lowest BCUT2D eigenvalue weighted by atomic mass is 9.75. The van der Waals surface area contributed by atoms with Crippen LogP contribution in [0.15, 0.2) is 60.7 Å². The lowest BCUT2D eigenvalue weighted by Gasteiger charge is -2.40. The van der Waals surface area contributed by atoms with Gasteiger partial charge in [0, 0.05) is 25.6 Å². The van der Waals surface area contributed by atoms with Gasteiger partial charge in [-0.05, 0) is 55.6 Å². The van der Waals surface area contributed by atoms with E-state index in [1.807, 2.05) is 58.3 Å². The van der Waals surface area contributed by atoms with Crippen molar-refractivity contribution in [3.63, 3.8) is 0 Å². The van der Waals surface area contributed by atoms with Crippen LogP contribution in [0, 0.1) is 11.8 Å². The summed E-state index contributed by atoms with van der Waals surface area (Å²) in [7, 11) is 0. The van der Waals surface area contributed by atoms with Crippen molar-refractivity contribution in [1.82, 2.24) is 15.1 Å². The number of fused-ring (bicyclic) bond motifs is 1. The fourth-order valence-electron chi connectivity index (χ4n) is 6.93. The number of nitrogens with one attached hydrogen (secondary N) is 1. The van der Waals surface area contributed by atoms with E-state index >= 15 is 0 Å². The quantitative estimate of drug-likeness (QED) is 0.535. The summed E-state index contributed by atoms with van der Waals surface area (Å²) >= 11 is 0. The summed E-state index contributed by atoms with van der Waals surface area (Å²) in [6, 6.07) is 19.6. The second-order valence-corrected chi connectivity index (χ2v) is 11.4. The van der Waals surface area contributed by atoms with E-state index in [-0.39, 0.29) is 29.7 Å². The third-order valence-corrected chi connectivity index (χ3v) is 8.66. The van der Waals surface area contributed by atoms with Gasteiger partial charge in [-0.3, -0.25) is 14.4 Å². The third-order valence-electron chi connectivity index (χ3n) is 8.66. The van der Waals surface area contributed by atoms with Gasteiger partial charge >= 0.3 is 0 Å². The van der Waals surface area contributed by atoms with Gasteiger partial charge in [-0.2, -0.15) is 0 Å². The number of hydrogen-bond acceptors (Lipinski definition) is 3. The van der Waals surface area contributed by atoms with Crippen molar-refractivity contribution in [1.29, 1.82) is 0 Å². The van der Waals surface area contributed by atoms with Gasteiger partial charge in [-0.1, -0.05) is 74.5 Å². The minimum atomic E-state index is -0.719. The molecule has 5 rings (SSSR count). The fourth-order valence-corrected chi connectivity index (χ4v) is 6.93. The van der Waals surface area contributed by atoms with Gasteiger partial charge < -0.3 is 15.1 Å². The number of benzene rings is 2. The lowest BCUT2D eigenvalue weighted by molar-refractivity contribution is -0.142. The number of aryl methyl sites for hydroxylation is 1. The molecule has 2 aromatic rings. The predicted octanol–water partition coefficient (Wildman–Crippen LogP) is 3.98. The predicted molar refractivity (Wildman–Crippen MR) is 144 cm³/mol. The lowest BCUT2D eigenvalue weighted by Crippen LogP contribution is -2.61. The van der Waals surface area contributed by atoms with Gasteiger partial charge in [0.05, 0.1) is 11.5 Å². The van der Waals surface area contributed by atoms with Gasteiger partial charge in [0.25, 0.3) is 0 Å². The van der Waals surface area contributed by atoms with Crippen LogP contribution in [-0.4, -0.2) is 58.2 Å². The van der Waals surface area contributed by atoms with E-state index in [2.05, 4.69) is 31.3 Å². The van der Waals surface area contributed by atoms with Crippen LogP contribution in [0.5, 0.6) is 0 Å². The zero-order valence-electron chi connectivity index (χ0n) is 22.1. The maximum Gasteiger partial charge on any atom is 0.245 e. The molecule has 3 aliphatic heterocycles. The van der Waals surface area contributed by atoms with Gasteiger partial charge in [0.2, 0.25) is 17.7 Å². The number of carbonyl (C=O) groups is 3. The molecule has 0 aromatic heterocycles. The van der Waals surface area contributed by atoms with E-state index in [4.69, 9.17) is 0 Å². The van der Waals surface area contributed by atoms with Crippen molar-refractivity contribution < 1.29 is 14.4 Å². The van der Waals surface area contributed by atoms with E-state index in [9.17, 15) is 14.4 Å². The summed E-state index contributed by atoms with van der Waals surface area (Å²) in [5.74, 6) is 0.178. The Balaban J connectivity index is 1.38. The molecule has 2 unspecified atom stereocenters. The Hall–Kier alpha value is -3.15. The fraction of sp³-hybridized carbons (Fsp3) is 0.516. The number of likely N-dealkylation sites (tertiary alicyclic amines) is 1. The Morgan fingerprint density at radius 1 is 1.00 bits per heavy atom. The van der Waals surface area contributed by atoms with E-state index in [1.165, 1.54) is 0 Å². The molecule has 1 spiro atoms. The number of nitrogens with zero attached hydrogens (tertiary/aromatic N) is 2. The zero-order chi connectivity index (χ0) is 26.0. The van der Waals surface area contributed by atoms with Crippen LogP contribution < -0.4 is 5.32 Å². The Labute approximate surface area is 220 Å². The van der Waals surface area contributed by atoms with Gasteiger partial charge in [-0.15, -0.1) is 0 Å². The molecule has 37 heavy (non-hydrogen) atoms. The van der Waals surface area contributed by atoms with Crippen molar-refractivity contribution in [3.8, 4) is 0 Å². The Bertz CT molecular complexity index is 1120. The largest absolute Gasteiger partial charge is 0.354 e. The molecule has 0 aliphatic carbocycles. The highest BCUT2D eigenvalue weighted by atomic mass is 16.2. The highest BCUT2D eigenvalue weighted by Gasteiger charge is 2.72. The molecule has 6 heteroatoms. The first-order valence-corrected chi connectivity index (χ1v) is 13.9. The molecule has 3 amide bonds. The zero-order valence-corrected chi connectivity index (χ0v) is 22.1. The molecule has 2 aromatic carbocycles.